The molecule has 0 aromatic carbocycles. The Morgan fingerprint density at radius 1 is 1.24 bits per heavy atom. The molecule has 3 amide bonds. The number of aromatic nitrogens is 2. The van der Waals surface area contributed by atoms with Crippen molar-refractivity contribution in [3.05, 3.63) is 30.2 Å². The number of nitrogens with one attached hydrogen (secondary N) is 2. The number of likely N-dealkylation sites (tertiary alicyclic amines) is 1. The Balaban J connectivity index is 1.37. The van der Waals surface area contributed by atoms with Gasteiger partial charge in [0.05, 0.1) is 17.8 Å². The molecule has 10 nitrogen and oxygen atoms in total. The molecule has 1 saturated heterocycles. The van der Waals surface area contributed by atoms with Gasteiger partial charge in [0, 0.05) is 31.2 Å². The molecule has 2 aliphatic rings. The third-order valence-electron chi connectivity index (χ3n) is 6.81. The summed E-state index contributed by atoms with van der Waals surface area (Å²) in [5.74, 6) is -0.746. The summed E-state index contributed by atoms with van der Waals surface area (Å²) in [4.78, 5) is 42.9. The number of aryl methyl sites for hydroxylation is 1. The Morgan fingerprint density at radius 2 is 2.00 bits per heavy atom. The normalized spacial score (nSPS) is 23.6. The molecule has 10 heteroatoms. The van der Waals surface area contributed by atoms with Crippen LogP contribution in [0, 0.1) is 17.2 Å². The van der Waals surface area contributed by atoms with Crippen LogP contribution >= 0.6 is 0 Å². The predicted molar refractivity (Wildman–Crippen MR) is 119 cm³/mol. The number of hydrogen-bond donors (Lipinski definition) is 3. The largest absolute Gasteiger partial charge is 0.465 e. The number of nitriles is 1. The van der Waals surface area contributed by atoms with E-state index in [1.165, 1.54) is 4.90 Å². The predicted octanol–water partition coefficient (Wildman–Crippen LogP) is 2.01. The number of amides is 3. The zero-order valence-electron chi connectivity index (χ0n) is 18.5. The van der Waals surface area contributed by atoms with Gasteiger partial charge >= 0.3 is 6.09 Å². The van der Waals surface area contributed by atoms with Crippen LogP contribution < -0.4 is 10.6 Å². The molecule has 0 unspecified atom stereocenters. The fourth-order valence-corrected chi connectivity index (χ4v) is 5.00. The minimum absolute atomic E-state index is 0.0683. The van der Waals surface area contributed by atoms with E-state index in [2.05, 4.69) is 21.7 Å². The second kappa shape index (κ2) is 9.48. The lowest BCUT2D eigenvalue weighted by atomic mass is 9.81. The Hall–Kier alpha value is -3.61. The average molecular weight is 453 g/mol. The van der Waals surface area contributed by atoms with Gasteiger partial charge in [-0.3, -0.25) is 9.59 Å². The van der Waals surface area contributed by atoms with Gasteiger partial charge in [-0.15, -0.1) is 0 Å². The standard InChI is InChI=1S/C23H28N6O4/c1-28-10-8-15-11-18(25-13-19(15)28)21(30)26-16-6-4-14(5-7-16)20(27-23(32)33)22(31)29-9-2-3-17(29)12-24/h8,10-11,13-14,16-17,20,27H,2-7,9H2,1H3,(H,26,30)(H,32,33)/t14-,16-,17-,20-/m0/s1. The molecule has 0 spiro atoms. The highest BCUT2D eigenvalue weighted by atomic mass is 16.4. The van der Waals surface area contributed by atoms with E-state index < -0.39 is 18.2 Å². The van der Waals surface area contributed by atoms with Crippen LogP contribution in [0.1, 0.15) is 49.0 Å². The first kappa shape index (κ1) is 22.6. The molecule has 174 valence electrons. The van der Waals surface area contributed by atoms with Crippen molar-refractivity contribution < 1.29 is 19.5 Å². The lowest BCUT2D eigenvalue weighted by molar-refractivity contribution is -0.135. The highest BCUT2D eigenvalue weighted by molar-refractivity contribution is 5.96. The van der Waals surface area contributed by atoms with Crippen LogP contribution in [0.3, 0.4) is 0 Å². The Kier molecular flexibility index (Phi) is 6.49. The van der Waals surface area contributed by atoms with Gasteiger partial charge in [-0.25, -0.2) is 9.78 Å². The molecule has 2 fully saturated rings. The average Bonchev–Trinajstić information content (AvgIpc) is 3.44. The first-order valence-corrected chi connectivity index (χ1v) is 11.3. The molecular formula is C23H28N6O4. The van der Waals surface area contributed by atoms with E-state index in [1.807, 2.05) is 23.9 Å². The van der Waals surface area contributed by atoms with Crippen molar-refractivity contribution in [2.24, 2.45) is 13.0 Å². The topological polar surface area (TPSA) is 140 Å². The summed E-state index contributed by atoms with van der Waals surface area (Å²) in [5.41, 5.74) is 1.30. The van der Waals surface area contributed by atoms with E-state index >= 15 is 0 Å². The van der Waals surface area contributed by atoms with Gasteiger partial charge in [0.15, 0.2) is 0 Å². The SMILES string of the molecule is Cn1ccc2cc(C(=O)N[C@H]3CC[C@H]([C@H](NC(=O)O)C(=O)N4CCC[C@H]4C#N)CC3)ncc21. The molecule has 1 saturated carbocycles. The molecule has 1 aliphatic heterocycles. The minimum atomic E-state index is -1.25. The summed E-state index contributed by atoms with van der Waals surface area (Å²) in [7, 11) is 1.92. The Bertz CT molecular complexity index is 1100. The van der Waals surface area contributed by atoms with Crippen LogP contribution in [0.25, 0.3) is 10.9 Å². The zero-order valence-corrected chi connectivity index (χ0v) is 18.5. The molecule has 0 radical (unpaired) electrons. The minimum Gasteiger partial charge on any atom is -0.465 e. The van der Waals surface area contributed by atoms with Crippen LogP contribution in [0.4, 0.5) is 4.79 Å². The van der Waals surface area contributed by atoms with E-state index in [4.69, 9.17) is 0 Å². The number of carboxylic acid groups (broad SMARTS) is 1. The molecule has 1 aliphatic carbocycles. The maximum absolute atomic E-state index is 13.1. The van der Waals surface area contributed by atoms with Crippen molar-refractivity contribution in [1.29, 1.82) is 5.26 Å². The van der Waals surface area contributed by atoms with Crippen molar-refractivity contribution in [2.75, 3.05) is 6.54 Å². The smallest absolute Gasteiger partial charge is 0.405 e. The van der Waals surface area contributed by atoms with Crippen molar-refractivity contribution in [3.8, 4) is 6.07 Å². The highest BCUT2D eigenvalue weighted by Gasteiger charge is 2.39. The monoisotopic (exact) mass is 452 g/mol. The highest BCUT2D eigenvalue weighted by Crippen LogP contribution is 2.30. The van der Waals surface area contributed by atoms with Gasteiger partial charge in [0.2, 0.25) is 5.91 Å². The second-order valence-electron chi connectivity index (χ2n) is 8.89. The van der Waals surface area contributed by atoms with Crippen molar-refractivity contribution >= 4 is 28.8 Å². The zero-order chi connectivity index (χ0) is 23.5. The molecule has 4 rings (SSSR count). The molecule has 33 heavy (non-hydrogen) atoms. The molecule has 0 bridgehead atoms. The third kappa shape index (κ3) is 4.77. The van der Waals surface area contributed by atoms with E-state index in [0.29, 0.717) is 44.3 Å². The van der Waals surface area contributed by atoms with E-state index in [1.54, 1.807) is 12.3 Å². The Morgan fingerprint density at radius 3 is 2.70 bits per heavy atom. The fourth-order valence-electron chi connectivity index (χ4n) is 5.00. The summed E-state index contributed by atoms with van der Waals surface area (Å²) in [6.45, 7) is 0.471. The van der Waals surface area contributed by atoms with Gasteiger partial charge in [-0.05, 0) is 56.6 Å². The molecule has 3 N–H and O–H groups in total. The summed E-state index contributed by atoms with van der Waals surface area (Å²) >= 11 is 0. The molecular weight excluding hydrogens is 424 g/mol. The van der Waals surface area contributed by atoms with Gasteiger partial charge in [-0.1, -0.05) is 0 Å². The maximum Gasteiger partial charge on any atom is 0.405 e. The van der Waals surface area contributed by atoms with Crippen LogP contribution in [0.15, 0.2) is 24.5 Å². The Labute approximate surface area is 191 Å². The molecule has 2 aromatic rings. The number of hydrogen-bond acceptors (Lipinski definition) is 5. The van der Waals surface area contributed by atoms with Gasteiger partial charge in [0.25, 0.3) is 5.91 Å². The summed E-state index contributed by atoms with van der Waals surface area (Å²) in [6.07, 6.45) is 6.16. The molecule has 2 atom stereocenters. The van der Waals surface area contributed by atoms with Crippen molar-refractivity contribution in [2.45, 2.75) is 56.7 Å². The number of carbonyl (C=O) groups is 3. The molecule has 2 aromatic heterocycles. The van der Waals surface area contributed by atoms with Crippen LogP contribution in [-0.4, -0.2) is 62.1 Å². The summed E-state index contributed by atoms with van der Waals surface area (Å²) in [5, 5.41) is 25.0. The van der Waals surface area contributed by atoms with E-state index in [-0.39, 0.29) is 23.8 Å². The number of pyridine rings is 1. The van der Waals surface area contributed by atoms with Gasteiger partial charge in [0.1, 0.15) is 17.8 Å². The maximum atomic E-state index is 13.1. The quantitative estimate of drug-likeness (QED) is 0.634. The molecule has 3 heterocycles. The van der Waals surface area contributed by atoms with E-state index in [0.717, 1.165) is 17.3 Å². The van der Waals surface area contributed by atoms with Gasteiger partial charge < -0.3 is 25.2 Å². The summed E-state index contributed by atoms with van der Waals surface area (Å²) in [6, 6.07) is 4.39. The van der Waals surface area contributed by atoms with Crippen LogP contribution in [0.2, 0.25) is 0 Å². The number of rotatable bonds is 5. The first-order chi connectivity index (χ1) is 15.9. The van der Waals surface area contributed by atoms with Crippen LogP contribution in [-0.2, 0) is 11.8 Å². The lowest BCUT2D eigenvalue weighted by Gasteiger charge is -2.35. The van der Waals surface area contributed by atoms with Crippen molar-refractivity contribution in [3.63, 3.8) is 0 Å². The van der Waals surface area contributed by atoms with Crippen LogP contribution in [0.5, 0.6) is 0 Å². The lowest BCUT2D eigenvalue weighted by Crippen LogP contribution is -2.54. The van der Waals surface area contributed by atoms with E-state index in [9.17, 15) is 24.8 Å². The summed E-state index contributed by atoms with van der Waals surface area (Å²) < 4.78 is 1.94. The number of nitrogens with zero attached hydrogens (tertiary/aromatic N) is 4. The number of fused-ring (bicyclic) bond motifs is 1. The third-order valence-corrected chi connectivity index (χ3v) is 6.81. The van der Waals surface area contributed by atoms with Gasteiger partial charge in [-0.2, -0.15) is 5.26 Å². The second-order valence-corrected chi connectivity index (χ2v) is 8.89. The fraction of sp³-hybridized carbons (Fsp3) is 0.522. The number of carbonyl (C=O) groups excluding carboxylic acids is 2. The van der Waals surface area contributed by atoms with Crippen molar-refractivity contribution in [1.82, 2.24) is 25.1 Å². The first-order valence-electron chi connectivity index (χ1n) is 11.3.